The molecule has 0 unspecified atom stereocenters. The average molecular weight is 354 g/mol. The van der Waals surface area contributed by atoms with Crippen LogP contribution >= 0.6 is 0 Å². The van der Waals surface area contributed by atoms with Gasteiger partial charge >= 0.3 is 5.69 Å². The molecule has 4 rings (SSSR count). The highest BCUT2D eigenvalue weighted by Gasteiger charge is 2.47. The Balaban J connectivity index is 1.84. The molecule has 138 valence electrons. The number of hydrogen-bond acceptors (Lipinski definition) is 3. The van der Waals surface area contributed by atoms with Crippen LogP contribution in [0, 0.1) is 11.8 Å². The van der Waals surface area contributed by atoms with E-state index in [1.807, 2.05) is 30.3 Å². The smallest absolute Gasteiger partial charge is 0.331 e. The van der Waals surface area contributed by atoms with Gasteiger partial charge in [0.2, 0.25) is 5.88 Å². The Hall–Kier alpha value is -2.30. The number of benzene rings is 1. The first kappa shape index (κ1) is 17.1. The number of H-pyrrole nitrogens is 1. The minimum atomic E-state index is -0.407. The summed E-state index contributed by atoms with van der Waals surface area (Å²) >= 11 is 0. The number of rotatable bonds is 2. The van der Waals surface area contributed by atoms with Crippen LogP contribution < -0.4 is 16.0 Å². The molecule has 26 heavy (non-hydrogen) atoms. The molecule has 0 amide bonds. The van der Waals surface area contributed by atoms with Crippen molar-refractivity contribution in [3.63, 3.8) is 0 Å². The zero-order valence-electron chi connectivity index (χ0n) is 15.6. The van der Waals surface area contributed by atoms with E-state index in [1.54, 1.807) is 0 Å². The van der Waals surface area contributed by atoms with Gasteiger partial charge in [-0.05, 0) is 38.2 Å². The van der Waals surface area contributed by atoms with Gasteiger partial charge in [-0.1, -0.05) is 43.7 Å². The van der Waals surface area contributed by atoms with E-state index in [0.717, 1.165) is 24.8 Å². The molecule has 1 aliphatic heterocycles. The normalized spacial score (nSPS) is 26.5. The molecule has 2 heterocycles. The maximum atomic E-state index is 13.3. The fraction of sp³-hybridized carbons (Fsp3) is 0.524. The Labute approximate surface area is 153 Å². The monoisotopic (exact) mass is 354 g/mol. The van der Waals surface area contributed by atoms with E-state index in [0.29, 0.717) is 23.3 Å². The predicted molar refractivity (Wildman–Crippen MR) is 101 cm³/mol. The summed E-state index contributed by atoms with van der Waals surface area (Å²) in [6, 6.07) is 9.61. The van der Waals surface area contributed by atoms with Crippen molar-refractivity contribution in [2.24, 2.45) is 11.8 Å². The third kappa shape index (κ3) is 2.79. The number of nitrogens with one attached hydrogen (secondary N) is 1. The fourth-order valence-corrected chi connectivity index (χ4v) is 4.75. The van der Waals surface area contributed by atoms with E-state index in [4.69, 9.17) is 4.74 Å². The first-order chi connectivity index (χ1) is 12.4. The lowest BCUT2D eigenvalue weighted by Crippen LogP contribution is -2.51. The van der Waals surface area contributed by atoms with Crippen molar-refractivity contribution >= 4 is 0 Å². The molecule has 0 bridgehead atoms. The van der Waals surface area contributed by atoms with Gasteiger partial charge in [-0.3, -0.25) is 14.3 Å². The quantitative estimate of drug-likeness (QED) is 0.900. The highest BCUT2D eigenvalue weighted by atomic mass is 16.5. The highest BCUT2D eigenvalue weighted by molar-refractivity contribution is 5.33. The molecule has 0 radical (unpaired) electrons. The Morgan fingerprint density at radius 2 is 1.92 bits per heavy atom. The van der Waals surface area contributed by atoms with Crippen molar-refractivity contribution in [1.82, 2.24) is 9.55 Å². The van der Waals surface area contributed by atoms with Gasteiger partial charge in [0.25, 0.3) is 5.56 Å². The van der Waals surface area contributed by atoms with Crippen LogP contribution in [0.5, 0.6) is 5.88 Å². The van der Waals surface area contributed by atoms with Gasteiger partial charge in [-0.2, -0.15) is 0 Å². The molecule has 2 aliphatic rings. The lowest BCUT2D eigenvalue weighted by atomic mass is 9.65. The van der Waals surface area contributed by atoms with Gasteiger partial charge in [0.05, 0.1) is 12.1 Å². The number of nitrogens with zero attached hydrogens (tertiary/aromatic N) is 1. The molecule has 5 heteroatoms. The second kappa shape index (κ2) is 6.15. The second-order valence-electron chi connectivity index (χ2n) is 8.39. The Morgan fingerprint density at radius 3 is 2.65 bits per heavy atom. The highest BCUT2D eigenvalue weighted by Crippen LogP contribution is 2.50. The average Bonchev–Trinajstić information content (AvgIpc) is 2.58. The summed E-state index contributed by atoms with van der Waals surface area (Å²) in [4.78, 5) is 28.7. The standard InChI is InChI=1S/C21H26N2O3/c1-13-9-10-16-15(11-13)17-18(26-21(16,2)3)22-20(25)23(19(17)24)12-14-7-5-4-6-8-14/h4-8,13,15-16H,9-12H2,1-3H3,(H,22,25)/t13-,15+,16+/m0/s1. The summed E-state index contributed by atoms with van der Waals surface area (Å²) in [5.74, 6) is 1.40. The maximum absolute atomic E-state index is 13.3. The van der Waals surface area contributed by atoms with Crippen LogP contribution in [-0.4, -0.2) is 15.2 Å². The summed E-state index contributed by atoms with van der Waals surface area (Å²) in [7, 11) is 0. The minimum Gasteiger partial charge on any atom is -0.472 e. The first-order valence-electron chi connectivity index (χ1n) is 9.47. The molecular formula is C21H26N2O3. The summed E-state index contributed by atoms with van der Waals surface area (Å²) in [6.45, 7) is 6.65. The van der Waals surface area contributed by atoms with Gasteiger partial charge < -0.3 is 4.74 Å². The van der Waals surface area contributed by atoms with Crippen LogP contribution in [0.2, 0.25) is 0 Å². The summed E-state index contributed by atoms with van der Waals surface area (Å²) in [5, 5.41) is 0. The van der Waals surface area contributed by atoms with Crippen molar-refractivity contribution in [3.05, 3.63) is 62.3 Å². The van der Waals surface area contributed by atoms with E-state index in [9.17, 15) is 9.59 Å². The van der Waals surface area contributed by atoms with Crippen molar-refractivity contribution in [1.29, 1.82) is 0 Å². The lowest BCUT2D eigenvalue weighted by molar-refractivity contribution is -0.0191. The van der Waals surface area contributed by atoms with Crippen LogP contribution in [0.4, 0.5) is 0 Å². The van der Waals surface area contributed by atoms with Crippen molar-refractivity contribution in [2.45, 2.75) is 58.1 Å². The molecule has 3 atom stereocenters. The molecule has 1 saturated carbocycles. The van der Waals surface area contributed by atoms with Gasteiger partial charge in [-0.15, -0.1) is 0 Å². The van der Waals surface area contributed by atoms with E-state index < -0.39 is 5.69 Å². The molecule has 1 aromatic heterocycles. The molecular weight excluding hydrogens is 328 g/mol. The van der Waals surface area contributed by atoms with E-state index in [1.165, 1.54) is 4.57 Å². The fourth-order valence-electron chi connectivity index (χ4n) is 4.75. The number of aromatic amines is 1. The van der Waals surface area contributed by atoms with Gasteiger partial charge in [0, 0.05) is 11.8 Å². The molecule has 1 aromatic carbocycles. The zero-order valence-corrected chi connectivity index (χ0v) is 15.6. The third-order valence-corrected chi connectivity index (χ3v) is 6.11. The molecule has 0 spiro atoms. The largest absolute Gasteiger partial charge is 0.472 e. The summed E-state index contributed by atoms with van der Waals surface area (Å²) in [6.07, 6.45) is 3.18. The van der Waals surface area contributed by atoms with Crippen molar-refractivity contribution < 1.29 is 4.74 Å². The maximum Gasteiger partial charge on any atom is 0.331 e. The van der Waals surface area contributed by atoms with E-state index >= 15 is 0 Å². The molecule has 1 N–H and O–H groups in total. The van der Waals surface area contributed by atoms with Crippen LogP contribution in [0.15, 0.2) is 39.9 Å². The molecule has 1 aliphatic carbocycles. The van der Waals surface area contributed by atoms with Gasteiger partial charge in [0.15, 0.2) is 0 Å². The van der Waals surface area contributed by atoms with Crippen molar-refractivity contribution in [2.75, 3.05) is 0 Å². The molecule has 1 fully saturated rings. The Kier molecular flexibility index (Phi) is 4.05. The van der Waals surface area contributed by atoms with Gasteiger partial charge in [0.1, 0.15) is 5.60 Å². The van der Waals surface area contributed by atoms with E-state index in [-0.39, 0.29) is 23.6 Å². The molecule has 0 saturated heterocycles. The number of fused-ring (bicyclic) bond motifs is 3. The first-order valence-corrected chi connectivity index (χ1v) is 9.47. The van der Waals surface area contributed by atoms with Crippen molar-refractivity contribution in [3.8, 4) is 5.88 Å². The number of ether oxygens (including phenoxy) is 1. The van der Waals surface area contributed by atoms with Crippen LogP contribution in [0.25, 0.3) is 0 Å². The summed E-state index contributed by atoms with van der Waals surface area (Å²) in [5.41, 5.74) is 0.615. The number of hydrogen-bond donors (Lipinski definition) is 1. The van der Waals surface area contributed by atoms with Crippen LogP contribution in [0.3, 0.4) is 0 Å². The SMILES string of the molecule is C[C@H]1CC[C@@H]2[C@@H](C1)c1c([nH]c(=O)n(Cc3ccccc3)c1=O)OC2(C)C. The molecule has 5 nitrogen and oxygen atoms in total. The number of aromatic nitrogens is 2. The lowest BCUT2D eigenvalue weighted by Gasteiger charge is -2.47. The molecule has 2 aromatic rings. The zero-order chi connectivity index (χ0) is 18.5. The van der Waals surface area contributed by atoms with Crippen LogP contribution in [0.1, 0.15) is 57.1 Å². The van der Waals surface area contributed by atoms with Gasteiger partial charge in [-0.25, -0.2) is 4.79 Å². The Bertz CT molecular complexity index is 927. The predicted octanol–water partition coefficient (Wildman–Crippen LogP) is 3.28. The third-order valence-electron chi connectivity index (χ3n) is 6.11. The Morgan fingerprint density at radius 1 is 1.19 bits per heavy atom. The topological polar surface area (TPSA) is 64.1 Å². The minimum absolute atomic E-state index is 0.142. The second-order valence-corrected chi connectivity index (χ2v) is 8.39. The van der Waals surface area contributed by atoms with E-state index in [2.05, 4.69) is 25.8 Å². The van der Waals surface area contributed by atoms with Crippen LogP contribution in [-0.2, 0) is 6.54 Å². The summed E-state index contributed by atoms with van der Waals surface area (Å²) < 4.78 is 7.43.